The number of aromatic nitrogens is 2. The Bertz CT molecular complexity index is 760. The van der Waals surface area contributed by atoms with Crippen molar-refractivity contribution in [2.24, 2.45) is 5.41 Å². The number of ether oxygens (including phenoxy) is 1. The van der Waals surface area contributed by atoms with Crippen LogP contribution in [-0.2, 0) is 4.79 Å². The standard InChI is InChI=1S/C20H26N4O2/c1-20(2,3)19(25)24-13-11-23(12-14-24)18-10-9-16(21-22-18)15-7-5-6-8-17(15)26-4/h5-10H,11-14H2,1-4H3. The molecule has 0 saturated carbocycles. The zero-order valence-electron chi connectivity index (χ0n) is 15.9. The highest BCUT2D eigenvalue weighted by Gasteiger charge is 2.30. The van der Waals surface area contributed by atoms with Crippen LogP contribution >= 0.6 is 0 Å². The summed E-state index contributed by atoms with van der Waals surface area (Å²) in [5, 5.41) is 8.76. The third-order valence-corrected chi connectivity index (χ3v) is 4.57. The molecule has 2 heterocycles. The highest BCUT2D eigenvalue weighted by atomic mass is 16.5. The minimum atomic E-state index is -0.335. The Morgan fingerprint density at radius 2 is 1.69 bits per heavy atom. The van der Waals surface area contributed by atoms with Gasteiger partial charge in [-0.1, -0.05) is 32.9 Å². The van der Waals surface area contributed by atoms with Crippen LogP contribution in [-0.4, -0.2) is 54.3 Å². The molecule has 0 N–H and O–H groups in total. The van der Waals surface area contributed by atoms with Gasteiger partial charge in [-0.3, -0.25) is 4.79 Å². The SMILES string of the molecule is COc1ccccc1-c1ccc(N2CCN(C(=O)C(C)(C)C)CC2)nn1. The van der Waals surface area contributed by atoms with Gasteiger partial charge < -0.3 is 14.5 Å². The normalized spacial score (nSPS) is 15.1. The molecule has 1 aliphatic heterocycles. The van der Waals surface area contributed by atoms with Crippen LogP contribution in [0.15, 0.2) is 36.4 Å². The van der Waals surface area contributed by atoms with E-state index in [4.69, 9.17) is 4.74 Å². The van der Waals surface area contributed by atoms with Crippen LogP contribution in [0.2, 0.25) is 0 Å². The number of nitrogens with zero attached hydrogens (tertiary/aromatic N) is 4. The zero-order valence-corrected chi connectivity index (χ0v) is 15.9. The average molecular weight is 354 g/mol. The fourth-order valence-corrected chi connectivity index (χ4v) is 3.11. The fraction of sp³-hybridized carbons (Fsp3) is 0.450. The molecule has 1 amide bonds. The number of methoxy groups -OCH3 is 1. The van der Waals surface area contributed by atoms with Gasteiger partial charge in [-0.25, -0.2) is 0 Å². The Balaban J connectivity index is 1.68. The first kappa shape index (κ1) is 18.2. The molecule has 1 aliphatic rings. The van der Waals surface area contributed by atoms with Gasteiger partial charge in [-0.2, -0.15) is 0 Å². The molecule has 1 fully saturated rings. The van der Waals surface area contributed by atoms with Gasteiger partial charge in [0.25, 0.3) is 0 Å². The summed E-state index contributed by atoms with van der Waals surface area (Å²) in [6, 6.07) is 11.7. The van der Waals surface area contributed by atoms with Gasteiger partial charge in [0.1, 0.15) is 5.75 Å². The highest BCUT2D eigenvalue weighted by molar-refractivity contribution is 5.81. The first-order chi connectivity index (χ1) is 12.4. The Kier molecular flexibility index (Phi) is 5.11. The van der Waals surface area contributed by atoms with E-state index in [1.807, 2.05) is 62.1 Å². The molecule has 2 aromatic rings. The number of para-hydroxylation sites is 1. The molecule has 6 nitrogen and oxygen atoms in total. The summed E-state index contributed by atoms with van der Waals surface area (Å²) in [7, 11) is 1.65. The maximum absolute atomic E-state index is 12.4. The summed E-state index contributed by atoms with van der Waals surface area (Å²) in [6.45, 7) is 8.85. The molecule has 1 aromatic heterocycles. The van der Waals surface area contributed by atoms with Crippen molar-refractivity contribution in [1.82, 2.24) is 15.1 Å². The van der Waals surface area contributed by atoms with E-state index in [9.17, 15) is 4.79 Å². The van der Waals surface area contributed by atoms with E-state index in [-0.39, 0.29) is 11.3 Å². The summed E-state index contributed by atoms with van der Waals surface area (Å²) in [4.78, 5) is 16.5. The molecule has 0 unspecified atom stereocenters. The molecule has 1 saturated heterocycles. The predicted octanol–water partition coefficient (Wildman–Crippen LogP) is 2.85. The van der Waals surface area contributed by atoms with E-state index in [1.165, 1.54) is 0 Å². The molecule has 0 spiro atoms. The number of piperazine rings is 1. The van der Waals surface area contributed by atoms with Crippen molar-refractivity contribution < 1.29 is 9.53 Å². The largest absolute Gasteiger partial charge is 0.496 e. The molecule has 138 valence electrons. The van der Waals surface area contributed by atoms with E-state index in [1.54, 1.807) is 7.11 Å². The lowest BCUT2D eigenvalue weighted by atomic mass is 9.94. The molecule has 0 atom stereocenters. The lowest BCUT2D eigenvalue weighted by Gasteiger charge is -2.38. The summed E-state index contributed by atoms with van der Waals surface area (Å²) in [5.74, 6) is 1.82. The van der Waals surface area contributed by atoms with Crippen LogP contribution in [0, 0.1) is 5.41 Å². The van der Waals surface area contributed by atoms with Gasteiger partial charge in [-0.15, -0.1) is 10.2 Å². The summed E-state index contributed by atoms with van der Waals surface area (Å²) < 4.78 is 5.39. The fourth-order valence-electron chi connectivity index (χ4n) is 3.11. The molecular formula is C20H26N4O2. The van der Waals surface area contributed by atoms with Crippen molar-refractivity contribution in [1.29, 1.82) is 0 Å². The molecular weight excluding hydrogens is 328 g/mol. The van der Waals surface area contributed by atoms with Gasteiger partial charge in [0.15, 0.2) is 5.82 Å². The quantitative estimate of drug-likeness (QED) is 0.848. The van der Waals surface area contributed by atoms with Gasteiger partial charge in [0, 0.05) is 37.2 Å². The molecule has 0 aliphatic carbocycles. The Morgan fingerprint density at radius 1 is 1.00 bits per heavy atom. The number of rotatable bonds is 3. The van der Waals surface area contributed by atoms with Crippen molar-refractivity contribution in [3.63, 3.8) is 0 Å². The van der Waals surface area contributed by atoms with E-state index < -0.39 is 0 Å². The maximum atomic E-state index is 12.4. The third-order valence-electron chi connectivity index (χ3n) is 4.57. The maximum Gasteiger partial charge on any atom is 0.228 e. The van der Waals surface area contributed by atoms with Gasteiger partial charge >= 0.3 is 0 Å². The van der Waals surface area contributed by atoms with Gasteiger partial charge in [-0.05, 0) is 24.3 Å². The van der Waals surface area contributed by atoms with E-state index in [0.717, 1.165) is 35.9 Å². The van der Waals surface area contributed by atoms with Crippen molar-refractivity contribution in [3.8, 4) is 17.0 Å². The lowest BCUT2D eigenvalue weighted by molar-refractivity contribution is -0.139. The number of anilines is 1. The third kappa shape index (κ3) is 3.79. The molecule has 0 bridgehead atoms. The zero-order chi connectivity index (χ0) is 18.7. The Morgan fingerprint density at radius 3 is 2.27 bits per heavy atom. The monoisotopic (exact) mass is 354 g/mol. The topological polar surface area (TPSA) is 58.6 Å². The first-order valence-corrected chi connectivity index (χ1v) is 8.91. The van der Waals surface area contributed by atoms with Crippen LogP contribution in [0.25, 0.3) is 11.3 Å². The highest BCUT2D eigenvalue weighted by Crippen LogP contribution is 2.28. The summed E-state index contributed by atoms with van der Waals surface area (Å²) in [5.41, 5.74) is 1.38. The number of benzene rings is 1. The minimum absolute atomic E-state index is 0.203. The van der Waals surface area contributed by atoms with Crippen LogP contribution in [0.5, 0.6) is 5.75 Å². The number of hydrogen-bond donors (Lipinski definition) is 0. The molecule has 1 aromatic carbocycles. The summed E-state index contributed by atoms with van der Waals surface area (Å²) in [6.07, 6.45) is 0. The number of hydrogen-bond acceptors (Lipinski definition) is 5. The Hall–Kier alpha value is -2.63. The Labute approximate surface area is 154 Å². The van der Waals surface area contributed by atoms with Crippen molar-refractivity contribution in [3.05, 3.63) is 36.4 Å². The number of amides is 1. The minimum Gasteiger partial charge on any atom is -0.496 e. The van der Waals surface area contributed by atoms with E-state index in [0.29, 0.717) is 13.1 Å². The van der Waals surface area contributed by atoms with Crippen LogP contribution in [0.1, 0.15) is 20.8 Å². The van der Waals surface area contributed by atoms with Crippen LogP contribution in [0.4, 0.5) is 5.82 Å². The average Bonchev–Trinajstić information content (AvgIpc) is 2.67. The van der Waals surface area contributed by atoms with Gasteiger partial charge in [0.2, 0.25) is 5.91 Å². The first-order valence-electron chi connectivity index (χ1n) is 8.91. The molecule has 6 heteroatoms. The smallest absolute Gasteiger partial charge is 0.228 e. The molecule has 3 rings (SSSR count). The molecule has 26 heavy (non-hydrogen) atoms. The van der Waals surface area contributed by atoms with Crippen LogP contribution < -0.4 is 9.64 Å². The second kappa shape index (κ2) is 7.32. The van der Waals surface area contributed by atoms with Gasteiger partial charge in [0.05, 0.1) is 12.8 Å². The number of carbonyl (C=O) groups excluding carboxylic acids is 1. The van der Waals surface area contributed by atoms with Crippen molar-refractivity contribution in [2.45, 2.75) is 20.8 Å². The summed E-state index contributed by atoms with van der Waals surface area (Å²) >= 11 is 0. The second-order valence-electron chi connectivity index (χ2n) is 7.51. The van der Waals surface area contributed by atoms with Crippen molar-refractivity contribution >= 4 is 11.7 Å². The lowest BCUT2D eigenvalue weighted by Crippen LogP contribution is -2.51. The second-order valence-corrected chi connectivity index (χ2v) is 7.51. The molecule has 0 radical (unpaired) electrons. The van der Waals surface area contributed by atoms with Crippen molar-refractivity contribution in [2.75, 3.05) is 38.2 Å². The predicted molar refractivity (Wildman–Crippen MR) is 102 cm³/mol. The van der Waals surface area contributed by atoms with E-state index >= 15 is 0 Å². The van der Waals surface area contributed by atoms with E-state index in [2.05, 4.69) is 15.1 Å². The number of carbonyl (C=O) groups is 1. The van der Waals surface area contributed by atoms with Crippen LogP contribution in [0.3, 0.4) is 0 Å².